The van der Waals surface area contributed by atoms with E-state index in [-0.39, 0.29) is 5.69 Å². The fraction of sp³-hybridized carbons (Fsp3) is 0.143. The number of alkyl halides is 3. The van der Waals surface area contributed by atoms with Gasteiger partial charge < -0.3 is 5.32 Å². The van der Waals surface area contributed by atoms with Crippen LogP contribution in [0.1, 0.15) is 16.7 Å². The first-order valence-corrected chi connectivity index (χ1v) is 6.61. The Kier molecular flexibility index (Phi) is 4.19. The summed E-state index contributed by atoms with van der Waals surface area (Å²) < 4.78 is 39.4. The smallest absolute Gasteiger partial charge is 0.340 e. The largest absolute Gasteiger partial charge is 0.417 e. The molecule has 2 rings (SSSR count). The molecule has 0 atom stereocenters. The van der Waals surface area contributed by atoms with Gasteiger partial charge in [-0.05, 0) is 52.7 Å². The molecule has 0 unspecified atom stereocenters. The Morgan fingerprint density at radius 2 is 2.00 bits per heavy atom. The van der Waals surface area contributed by atoms with E-state index in [2.05, 4.69) is 26.2 Å². The number of nitriles is 1. The van der Waals surface area contributed by atoms with Crippen molar-refractivity contribution in [1.82, 2.24) is 4.98 Å². The van der Waals surface area contributed by atoms with Crippen LogP contribution in [0.25, 0.3) is 0 Å². The Bertz CT molecular complexity index is 720. The fourth-order valence-corrected chi connectivity index (χ4v) is 1.93. The first kappa shape index (κ1) is 15.3. The first-order valence-electron chi connectivity index (χ1n) is 5.82. The molecule has 0 saturated heterocycles. The number of hydrogen-bond donors (Lipinski definition) is 1. The van der Waals surface area contributed by atoms with Crippen molar-refractivity contribution >= 4 is 27.4 Å². The van der Waals surface area contributed by atoms with E-state index in [0.29, 0.717) is 5.82 Å². The number of aromatic nitrogens is 1. The van der Waals surface area contributed by atoms with E-state index in [0.717, 1.165) is 22.2 Å². The minimum atomic E-state index is -4.58. The number of aryl methyl sites for hydroxylation is 1. The lowest BCUT2D eigenvalue weighted by Crippen LogP contribution is -2.08. The minimum absolute atomic E-state index is 0.218. The Hall–Kier alpha value is -2.07. The van der Waals surface area contributed by atoms with Crippen LogP contribution in [0.3, 0.4) is 0 Å². The molecule has 0 amide bonds. The first-order chi connectivity index (χ1) is 9.81. The van der Waals surface area contributed by atoms with Crippen LogP contribution >= 0.6 is 15.9 Å². The molecule has 1 N–H and O–H groups in total. The highest BCUT2D eigenvalue weighted by molar-refractivity contribution is 9.10. The molecule has 3 nitrogen and oxygen atoms in total. The molecule has 7 heteroatoms. The number of hydrogen-bond acceptors (Lipinski definition) is 3. The summed E-state index contributed by atoms with van der Waals surface area (Å²) in [6.07, 6.45) is -3.02. The number of anilines is 2. The number of nitrogens with one attached hydrogen (secondary N) is 1. The predicted octanol–water partition coefficient (Wildman–Crippen LogP) is 4.79. The topological polar surface area (TPSA) is 48.7 Å². The summed E-state index contributed by atoms with van der Waals surface area (Å²) in [5.41, 5.74) is -0.260. The highest BCUT2D eigenvalue weighted by Gasteiger charge is 2.33. The zero-order valence-electron chi connectivity index (χ0n) is 10.8. The van der Waals surface area contributed by atoms with Gasteiger partial charge >= 0.3 is 6.18 Å². The molecule has 108 valence electrons. The van der Waals surface area contributed by atoms with Gasteiger partial charge in [-0.25, -0.2) is 4.98 Å². The van der Waals surface area contributed by atoms with Gasteiger partial charge in [0.05, 0.1) is 17.2 Å². The van der Waals surface area contributed by atoms with Crippen LogP contribution < -0.4 is 5.32 Å². The van der Waals surface area contributed by atoms with Gasteiger partial charge in [0, 0.05) is 16.4 Å². The molecule has 1 heterocycles. The Balaban J connectivity index is 2.37. The quantitative estimate of drug-likeness (QED) is 0.842. The Labute approximate surface area is 127 Å². The summed E-state index contributed by atoms with van der Waals surface area (Å²) >= 11 is 3.30. The zero-order chi connectivity index (χ0) is 15.6. The van der Waals surface area contributed by atoms with E-state index in [9.17, 15) is 13.2 Å². The monoisotopic (exact) mass is 355 g/mol. The molecule has 0 aliphatic rings. The molecular formula is C14H9BrF3N3. The maximum atomic E-state index is 12.9. The molecule has 0 bridgehead atoms. The highest BCUT2D eigenvalue weighted by Crippen LogP contribution is 2.34. The minimum Gasteiger partial charge on any atom is -0.340 e. The normalized spacial score (nSPS) is 11.0. The van der Waals surface area contributed by atoms with Crippen molar-refractivity contribution < 1.29 is 13.2 Å². The van der Waals surface area contributed by atoms with Crippen molar-refractivity contribution in [1.29, 1.82) is 5.26 Å². The lowest BCUT2D eigenvalue weighted by Gasteiger charge is -2.12. The standard InChI is InChI=1S/C14H9BrF3N3/c1-8-4-13(20-7-12(8)15)21-10-3-2-9(6-19)11(5-10)14(16,17)18/h2-5,7H,1H3,(H,20,21). The molecule has 0 aliphatic carbocycles. The zero-order valence-corrected chi connectivity index (χ0v) is 12.4. The fourth-order valence-electron chi connectivity index (χ4n) is 1.71. The van der Waals surface area contributed by atoms with E-state index in [1.54, 1.807) is 18.3 Å². The van der Waals surface area contributed by atoms with Crippen LogP contribution in [0.4, 0.5) is 24.7 Å². The summed E-state index contributed by atoms with van der Waals surface area (Å²) in [7, 11) is 0. The van der Waals surface area contributed by atoms with E-state index >= 15 is 0 Å². The van der Waals surface area contributed by atoms with Crippen molar-refractivity contribution in [3.8, 4) is 6.07 Å². The molecule has 0 fully saturated rings. The van der Waals surface area contributed by atoms with Crippen molar-refractivity contribution in [2.24, 2.45) is 0 Å². The second-order valence-corrected chi connectivity index (χ2v) is 5.17. The van der Waals surface area contributed by atoms with Gasteiger partial charge in [-0.1, -0.05) is 0 Å². The average Bonchev–Trinajstić information content (AvgIpc) is 2.42. The summed E-state index contributed by atoms with van der Waals surface area (Å²) in [5.74, 6) is 0.425. The third-order valence-electron chi connectivity index (χ3n) is 2.76. The van der Waals surface area contributed by atoms with Crippen molar-refractivity contribution in [3.63, 3.8) is 0 Å². The van der Waals surface area contributed by atoms with E-state index in [4.69, 9.17) is 5.26 Å². The Morgan fingerprint density at radius 3 is 2.57 bits per heavy atom. The maximum absolute atomic E-state index is 12.9. The predicted molar refractivity (Wildman–Crippen MR) is 76.1 cm³/mol. The van der Waals surface area contributed by atoms with E-state index in [1.807, 2.05) is 6.92 Å². The number of nitrogens with zero attached hydrogens (tertiary/aromatic N) is 2. The molecule has 1 aromatic heterocycles. The van der Waals surface area contributed by atoms with Crippen LogP contribution in [0.15, 0.2) is 34.9 Å². The van der Waals surface area contributed by atoms with Gasteiger partial charge in [0.2, 0.25) is 0 Å². The SMILES string of the molecule is Cc1cc(Nc2ccc(C#N)c(C(F)(F)F)c2)ncc1Br. The summed E-state index contributed by atoms with van der Waals surface area (Å²) in [5, 5.41) is 11.5. The van der Waals surface area contributed by atoms with Gasteiger partial charge in [0.15, 0.2) is 0 Å². The average molecular weight is 356 g/mol. The van der Waals surface area contributed by atoms with Crippen LogP contribution in [-0.4, -0.2) is 4.98 Å². The van der Waals surface area contributed by atoms with Crippen LogP contribution in [0.2, 0.25) is 0 Å². The van der Waals surface area contributed by atoms with Gasteiger partial charge in [0.25, 0.3) is 0 Å². The summed E-state index contributed by atoms with van der Waals surface area (Å²) in [6.45, 7) is 1.84. The van der Waals surface area contributed by atoms with Crippen molar-refractivity contribution in [2.45, 2.75) is 13.1 Å². The number of benzene rings is 1. The summed E-state index contributed by atoms with van der Waals surface area (Å²) in [6, 6.07) is 6.69. The second-order valence-electron chi connectivity index (χ2n) is 4.31. The van der Waals surface area contributed by atoms with Crippen molar-refractivity contribution in [2.75, 3.05) is 5.32 Å². The lowest BCUT2D eigenvalue weighted by molar-refractivity contribution is -0.137. The molecular weight excluding hydrogens is 347 g/mol. The van der Waals surface area contributed by atoms with Crippen LogP contribution in [-0.2, 0) is 6.18 Å². The van der Waals surface area contributed by atoms with Crippen LogP contribution in [0.5, 0.6) is 0 Å². The highest BCUT2D eigenvalue weighted by atomic mass is 79.9. The van der Waals surface area contributed by atoms with Crippen molar-refractivity contribution in [3.05, 3.63) is 51.6 Å². The second kappa shape index (κ2) is 5.74. The third kappa shape index (κ3) is 3.52. The van der Waals surface area contributed by atoms with E-state index < -0.39 is 17.3 Å². The number of halogens is 4. The van der Waals surface area contributed by atoms with Gasteiger partial charge in [-0.3, -0.25) is 0 Å². The number of pyridine rings is 1. The molecule has 0 spiro atoms. The molecule has 21 heavy (non-hydrogen) atoms. The summed E-state index contributed by atoms with van der Waals surface area (Å²) in [4.78, 5) is 4.06. The molecule has 0 radical (unpaired) electrons. The maximum Gasteiger partial charge on any atom is 0.417 e. The van der Waals surface area contributed by atoms with Gasteiger partial charge in [-0.15, -0.1) is 0 Å². The van der Waals surface area contributed by atoms with E-state index in [1.165, 1.54) is 6.07 Å². The molecule has 0 aliphatic heterocycles. The third-order valence-corrected chi connectivity index (χ3v) is 3.59. The Morgan fingerprint density at radius 1 is 1.29 bits per heavy atom. The molecule has 2 aromatic rings. The lowest BCUT2D eigenvalue weighted by atomic mass is 10.1. The van der Waals surface area contributed by atoms with Gasteiger partial charge in [0.1, 0.15) is 5.82 Å². The molecule has 0 saturated carbocycles. The van der Waals surface area contributed by atoms with Gasteiger partial charge in [-0.2, -0.15) is 18.4 Å². The number of rotatable bonds is 2. The van der Waals surface area contributed by atoms with Crippen LogP contribution in [0, 0.1) is 18.3 Å². The molecule has 1 aromatic carbocycles.